The van der Waals surface area contributed by atoms with E-state index in [1.165, 1.54) is 62.8 Å². The van der Waals surface area contributed by atoms with Gasteiger partial charge in [0.25, 0.3) is 0 Å². The van der Waals surface area contributed by atoms with Crippen molar-refractivity contribution in [3.05, 3.63) is 10.8 Å². The van der Waals surface area contributed by atoms with Crippen molar-refractivity contribution in [1.29, 1.82) is 0 Å². The standard InChI is InChI=1S/C19H34N2S/c1-18(2,3)16-20-17(22-21-16)19(4,5)14-15-12-10-8-6-7-9-11-13-15/h15H,6-14H2,1-5H3. The zero-order valence-electron chi connectivity index (χ0n) is 15.2. The predicted octanol–water partition coefficient (Wildman–Crippen LogP) is 6.25. The normalized spacial score (nSPS) is 19.5. The van der Waals surface area contributed by atoms with Crippen molar-refractivity contribution in [1.82, 2.24) is 9.36 Å². The second kappa shape index (κ2) is 7.42. The van der Waals surface area contributed by atoms with Crippen LogP contribution in [0.25, 0.3) is 0 Å². The molecule has 0 radical (unpaired) electrons. The quantitative estimate of drug-likeness (QED) is 0.657. The molecule has 2 rings (SSSR count). The molecule has 126 valence electrons. The molecular formula is C19H34N2S. The topological polar surface area (TPSA) is 25.8 Å². The predicted molar refractivity (Wildman–Crippen MR) is 96.7 cm³/mol. The van der Waals surface area contributed by atoms with Gasteiger partial charge in [-0.2, -0.15) is 4.37 Å². The molecule has 0 aliphatic heterocycles. The molecule has 0 aromatic carbocycles. The Labute approximate surface area is 141 Å². The first-order valence-electron chi connectivity index (χ1n) is 9.14. The average molecular weight is 323 g/mol. The molecule has 1 aliphatic rings. The van der Waals surface area contributed by atoms with Gasteiger partial charge in [0.15, 0.2) is 0 Å². The molecule has 1 saturated carbocycles. The molecular weight excluding hydrogens is 288 g/mol. The molecule has 0 saturated heterocycles. The van der Waals surface area contributed by atoms with Crippen molar-refractivity contribution in [2.45, 2.75) is 103 Å². The van der Waals surface area contributed by atoms with E-state index in [1.807, 2.05) is 0 Å². The molecule has 3 heteroatoms. The molecule has 1 aromatic heterocycles. The van der Waals surface area contributed by atoms with E-state index < -0.39 is 0 Å². The van der Waals surface area contributed by atoms with Crippen LogP contribution in [0, 0.1) is 5.92 Å². The molecule has 0 atom stereocenters. The summed E-state index contributed by atoms with van der Waals surface area (Å²) in [6.07, 6.45) is 12.7. The van der Waals surface area contributed by atoms with Crippen molar-refractivity contribution < 1.29 is 0 Å². The number of nitrogens with zero attached hydrogens (tertiary/aromatic N) is 2. The minimum Gasteiger partial charge on any atom is -0.223 e. The second-order valence-corrected chi connectivity index (χ2v) is 9.58. The number of aromatic nitrogens is 2. The van der Waals surface area contributed by atoms with E-state index in [0.29, 0.717) is 0 Å². The van der Waals surface area contributed by atoms with Crippen LogP contribution in [0.1, 0.15) is 103 Å². The Balaban J connectivity index is 2.03. The maximum Gasteiger partial charge on any atom is 0.147 e. The first-order valence-corrected chi connectivity index (χ1v) is 9.91. The molecule has 1 heterocycles. The Morgan fingerprint density at radius 3 is 1.95 bits per heavy atom. The molecule has 0 unspecified atom stereocenters. The van der Waals surface area contributed by atoms with Gasteiger partial charge in [0, 0.05) is 10.8 Å². The van der Waals surface area contributed by atoms with Gasteiger partial charge in [0.1, 0.15) is 10.8 Å². The minimum atomic E-state index is 0.0585. The van der Waals surface area contributed by atoms with Crippen LogP contribution >= 0.6 is 11.5 Å². The van der Waals surface area contributed by atoms with E-state index in [4.69, 9.17) is 4.98 Å². The molecule has 2 nitrogen and oxygen atoms in total. The van der Waals surface area contributed by atoms with Crippen molar-refractivity contribution in [2.75, 3.05) is 0 Å². The molecule has 0 amide bonds. The summed E-state index contributed by atoms with van der Waals surface area (Å²) in [6, 6.07) is 0. The highest BCUT2D eigenvalue weighted by atomic mass is 32.1. The fraction of sp³-hybridized carbons (Fsp3) is 0.895. The summed E-state index contributed by atoms with van der Waals surface area (Å²) in [4.78, 5) is 4.89. The third-order valence-electron chi connectivity index (χ3n) is 4.95. The van der Waals surface area contributed by atoms with E-state index in [-0.39, 0.29) is 10.8 Å². The Hall–Kier alpha value is -0.440. The van der Waals surface area contributed by atoms with Gasteiger partial charge >= 0.3 is 0 Å². The Morgan fingerprint density at radius 2 is 1.45 bits per heavy atom. The number of hydrogen-bond donors (Lipinski definition) is 0. The van der Waals surface area contributed by atoms with E-state index in [1.54, 1.807) is 11.5 Å². The average Bonchev–Trinajstić information content (AvgIpc) is 2.92. The van der Waals surface area contributed by atoms with Crippen molar-refractivity contribution in [3.8, 4) is 0 Å². The zero-order chi connectivity index (χ0) is 16.2. The van der Waals surface area contributed by atoms with E-state index in [0.717, 1.165) is 11.7 Å². The van der Waals surface area contributed by atoms with Crippen LogP contribution in [0.5, 0.6) is 0 Å². The summed E-state index contributed by atoms with van der Waals surface area (Å²) in [6.45, 7) is 11.3. The SMILES string of the molecule is CC(C)(C)c1nsc(C(C)(C)CC2CCCCCCCC2)n1. The largest absolute Gasteiger partial charge is 0.223 e. The lowest BCUT2D eigenvalue weighted by Crippen LogP contribution is -2.22. The Kier molecular flexibility index (Phi) is 6.04. The number of rotatable bonds is 3. The van der Waals surface area contributed by atoms with Crippen LogP contribution in [0.2, 0.25) is 0 Å². The van der Waals surface area contributed by atoms with Crippen molar-refractivity contribution >= 4 is 11.5 Å². The van der Waals surface area contributed by atoms with Gasteiger partial charge in [-0.3, -0.25) is 0 Å². The Morgan fingerprint density at radius 1 is 0.909 bits per heavy atom. The minimum absolute atomic E-state index is 0.0585. The fourth-order valence-corrected chi connectivity index (χ4v) is 4.48. The third-order valence-corrected chi connectivity index (χ3v) is 6.03. The fourth-order valence-electron chi connectivity index (χ4n) is 3.53. The smallest absolute Gasteiger partial charge is 0.147 e. The van der Waals surface area contributed by atoms with Crippen LogP contribution in [0.4, 0.5) is 0 Å². The summed E-state index contributed by atoms with van der Waals surface area (Å²) in [5.74, 6) is 1.88. The van der Waals surface area contributed by atoms with Crippen LogP contribution < -0.4 is 0 Å². The number of hydrogen-bond acceptors (Lipinski definition) is 3. The van der Waals surface area contributed by atoms with E-state index in [9.17, 15) is 0 Å². The van der Waals surface area contributed by atoms with Crippen LogP contribution in [0.15, 0.2) is 0 Å². The van der Waals surface area contributed by atoms with E-state index >= 15 is 0 Å². The van der Waals surface area contributed by atoms with Crippen LogP contribution in [0.3, 0.4) is 0 Å². The second-order valence-electron chi connectivity index (χ2n) is 8.83. The highest BCUT2D eigenvalue weighted by molar-refractivity contribution is 7.05. The third kappa shape index (κ3) is 5.04. The molecule has 22 heavy (non-hydrogen) atoms. The summed E-state index contributed by atoms with van der Waals surface area (Å²) >= 11 is 1.62. The molecule has 0 bridgehead atoms. The van der Waals surface area contributed by atoms with Gasteiger partial charge < -0.3 is 0 Å². The molecule has 1 fully saturated rings. The summed E-state index contributed by atoms with van der Waals surface area (Å²) in [5, 5.41) is 1.23. The summed E-state index contributed by atoms with van der Waals surface area (Å²) in [7, 11) is 0. The van der Waals surface area contributed by atoms with Crippen LogP contribution in [-0.4, -0.2) is 9.36 Å². The van der Waals surface area contributed by atoms with Gasteiger partial charge in [-0.1, -0.05) is 86.0 Å². The first-order chi connectivity index (χ1) is 10.3. The first kappa shape index (κ1) is 17.9. The maximum absolute atomic E-state index is 4.89. The van der Waals surface area contributed by atoms with Gasteiger partial charge in [0.2, 0.25) is 0 Å². The molecule has 1 aliphatic carbocycles. The highest BCUT2D eigenvalue weighted by Gasteiger charge is 2.30. The van der Waals surface area contributed by atoms with Gasteiger partial charge in [-0.25, -0.2) is 4.98 Å². The highest BCUT2D eigenvalue weighted by Crippen LogP contribution is 2.37. The van der Waals surface area contributed by atoms with Gasteiger partial charge in [-0.05, 0) is 23.9 Å². The van der Waals surface area contributed by atoms with Gasteiger partial charge in [0.05, 0.1) is 0 Å². The molecule has 1 aromatic rings. The molecule has 0 spiro atoms. The zero-order valence-corrected chi connectivity index (χ0v) is 16.1. The van der Waals surface area contributed by atoms with Crippen molar-refractivity contribution in [3.63, 3.8) is 0 Å². The maximum atomic E-state index is 4.89. The summed E-state index contributed by atoms with van der Waals surface area (Å²) < 4.78 is 4.63. The lowest BCUT2D eigenvalue weighted by Gasteiger charge is -2.28. The lowest BCUT2D eigenvalue weighted by atomic mass is 9.79. The van der Waals surface area contributed by atoms with Crippen molar-refractivity contribution in [2.24, 2.45) is 5.92 Å². The van der Waals surface area contributed by atoms with E-state index in [2.05, 4.69) is 39.0 Å². The Bertz CT molecular complexity index is 446. The summed E-state index contributed by atoms with van der Waals surface area (Å²) in [5.41, 5.74) is 0.225. The van der Waals surface area contributed by atoms with Crippen LogP contribution in [-0.2, 0) is 10.8 Å². The lowest BCUT2D eigenvalue weighted by molar-refractivity contribution is 0.314. The van der Waals surface area contributed by atoms with Gasteiger partial charge in [-0.15, -0.1) is 0 Å². The monoisotopic (exact) mass is 322 g/mol. The molecule has 0 N–H and O–H groups in total.